The fraction of sp³-hybridized carbons (Fsp3) is 0.0625. The minimum Gasteiger partial charge on any atom is -0.268 e. The average molecular weight is 261 g/mol. The van der Waals surface area contributed by atoms with Crippen LogP contribution in [0.2, 0.25) is 0 Å². The maximum absolute atomic E-state index is 12.6. The van der Waals surface area contributed by atoms with E-state index in [-0.39, 0.29) is 11.4 Å². The first-order valence-electron chi connectivity index (χ1n) is 6.19. The lowest BCUT2D eigenvalue weighted by Gasteiger charge is -2.09. The van der Waals surface area contributed by atoms with Crippen LogP contribution < -0.4 is 5.56 Å². The van der Waals surface area contributed by atoms with E-state index < -0.39 is 0 Å². The quantitative estimate of drug-likeness (QED) is 0.676. The van der Waals surface area contributed by atoms with E-state index in [0.29, 0.717) is 16.6 Å². The zero-order valence-electron chi connectivity index (χ0n) is 10.9. The van der Waals surface area contributed by atoms with Gasteiger partial charge in [0, 0.05) is 0 Å². The van der Waals surface area contributed by atoms with Gasteiger partial charge in [-0.15, -0.1) is 0 Å². The second-order valence-corrected chi connectivity index (χ2v) is 4.54. The molecular formula is C16H11N3O. The van der Waals surface area contributed by atoms with E-state index >= 15 is 0 Å². The van der Waals surface area contributed by atoms with Gasteiger partial charge < -0.3 is 0 Å². The van der Waals surface area contributed by atoms with Crippen molar-refractivity contribution in [3.05, 3.63) is 70.3 Å². The zero-order chi connectivity index (χ0) is 14.1. The highest BCUT2D eigenvalue weighted by atomic mass is 16.1. The number of para-hydroxylation sites is 1. The monoisotopic (exact) mass is 261 g/mol. The molecule has 0 atom stereocenters. The smallest absolute Gasteiger partial charge is 0.266 e. The Bertz CT molecular complexity index is 886. The summed E-state index contributed by atoms with van der Waals surface area (Å²) in [6.07, 6.45) is 0. The van der Waals surface area contributed by atoms with Crippen molar-refractivity contribution in [2.45, 2.75) is 6.92 Å². The van der Waals surface area contributed by atoms with Crippen molar-refractivity contribution in [2.24, 2.45) is 0 Å². The summed E-state index contributed by atoms with van der Waals surface area (Å²) in [5.41, 5.74) is 2.05. The maximum Gasteiger partial charge on any atom is 0.266 e. The van der Waals surface area contributed by atoms with Crippen LogP contribution in [0.5, 0.6) is 0 Å². The molecule has 1 heterocycles. The van der Waals surface area contributed by atoms with Crippen LogP contribution in [0.4, 0.5) is 0 Å². The molecule has 3 aromatic rings. The molecule has 20 heavy (non-hydrogen) atoms. The molecule has 3 rings (SSSR count). The predicted molar refractivity (Wildman–Crippen MR) is 76.8 cm³/mol. The van der Waals surface area contributed by atoms with E-state index in [9.17, 15) is 10.1 Å². The van der Waals surface area contributed by atoms with Crippen molar-refractivity contribution in [2.75, 3.05) is 0 Å². The highest BCUT2D eigenvalue weighted by molar-refractivity contribution is 5.78. The summed E-state index contributed by atoms with van der Waals surface area (Å²) < 4.78 is 1.35. The molecule has 4 nitrogen and oxygen atoms in total. The molecule has 0 spiro atoms. The van der Waals surface area contributed by atoms with Crippen LogP contribution in [0.25, 0.3) is 16.6 Å². The number of aryl methyl sites for hydroxylation is 1. The number of benzene rings is 2. The second-order valence-electron chi connectivity index (χ2n) is 4.54. The summed E-state index contributed by atoms with van der Waals surface area (Å²) in [5.74, 6) is 0.0950. The van der Waals surface area contributed by atoms with Gasteiger partial charge in [-0.05, 0) is 31.2 Å². The van der Waals surface area contributed by atoms with E-state index in [1.807, 2.05) is 37.3 Å². The molecule has 0 saturated heterocycles. The molecule has 4 heteroatoms. The Labute approximate surface area is 115 Å². The lowest BCUT2D eigenvalue weighted by Crippen LogP contribution is -2.22. The Balaban J connectivity index is 2.40. The zero-order valence-corrected chi connectivity index (χ0v) is 10.9. The molecule has 1 aromatic heterocycles. The van der Waals surface area contributed by atoms with Gasteiger partial charge in [0.1, 0.15) is 6.07 Å². The molecule has 0 saturated carbocycles. The van der Waals surface area contributed by atoms with Gasteiger partial charge in [-0.3, -0.25) is 9.36 Å². The Morgan fingerprint density at radius 2 is 1.80 bits per heavy atom. The molecule has 0 N–H and O–H groups in total. The average Bonchev–Trinajstić information content (AvgIpc) is 2.48. The van der Waals surface area contributed by atoms with Gasteiger partial charge in [-0.1, -0.05) is 29.8 Å². The summed E-state index contributed by atoms with van der Waals surface area (Å²) in [6, 6.07) is 16.5. The lowest BCUT2D eigenvalue weighted by molar-refractivity contribution is 0.932. The van der Waals surface area contributed by atoms with Gasteiger partial charge >= 0.3 is 0 Å². The van der Waals surface area contributed by atoms with Crippen LogP contribution in [0.3, 0.4) is 0 Å². The third-order valence-corrected chi connectivity index (χ3v) is 3.17. The molecule has 0 fully saturated rings. The van der Waals surface area contributed by atoms with Crippen molar-refractivity contribution >= 4 is 10.9 Å². The van der Waals surface area contributed by atoms with E-state index in [4.69, 9.17) is 0 Å². The summed E-state index contributed by atoms with van der Waals surface area (Å²) in [6.45, 7) is 1.97. The fourth-order valence-electron chi connectivity index (χ4n) is 2.14. The standard InChI is InChI=1S/C16H11N3O/c1-11-6-8-12(9-7-11)19-15(10-17)18-14-5-3-2-4-13(14)16(19)20/h2-9H,1H3. The molecule has 0 amide bonds. The van der Waals surface area contributed by atoms with Gasteiger partial charge in [0.25, 0.3) is 5.56 Å². The molecule has 0 aliphatic carbocycles. The summed E-state index contributed by atoms with van der Waals surface area (Å²) >= 11 is 0. The van der Waals surface area contributed by atoms with Crippen molar-refractivity contribution in [3.63, 3.8) is 0 Å². The number of hydrogen-bond donors (Lipinski definition) is 0. The molecule has 0 aliphatic heterocycles. The maximum atomic E-state index is 12.6. The minimum atomic E-state index is -0.226. The SMILES string of the molecule is Cc1ccc(-n2c(C#N)nc3ccccc3c2=O)cc1. The molecule has 96 valence electrons. The highest BCUT2D eigenvalue weighted by Crippen LogP contribution is 2.13. The van der Waals surface area contributed by atoms with Crippen LogP contribution in [0.1, 0.15) is 11.4 Å². The second kappa shape index (κ2) is 4.63. The largest absolute Gasteiger partial charge is 0.268 e. The summed E-state index contributed by atoms with van der Waals surface area (Å²) in [4.78, 5) is 16.8. The first-order valence-corrected chi connectivity index (χ1v) is 6.19. The Morgan fingerprint density at radius 1 is 1.10 bits per heavy atom. The van der Waals surface area contributed by atoms with Gasteiger partial charge in [-0.25, -0.2) is 4.98 Å². The van der Waals surface area contributed by atoms with Crippen LogP contribution in [0.15, 0.2) is 53.3 Å². The van der Waals surface area contributed by atoms with Crippen LogP contribution >= 0.6 is 0 Å². The minimum absolute atomic E-state index is 0.0950. The van der Waals surface area contributed by atoms with Gasteiger partial charge in [0.2, 0.25) is 5.82 Å². The fourth-order valence-corrected chi connectivity index (χ4v) is 2.14. The van der Waals surface area contributed by atoms with E-state index in [2.05, 4.69) is 4.98 Å². The van der Waals surface area contributed by atoms with E-state index in [1.165, 1.54) is 4.57 Å². The number of nitrogens with zero attached hydrogens (tertiary/aromatic N) is 3. The third-order valence-electron chi connectivity index (χ3n) is 3.17. The lowest BCUT2D eigenvalue weighted by atomic mass is 10.2. The molecule has 0 unspecified atom stereocenters. The van der Waals surface area contributed by atoms with Crippen LogP contribution in [0, 0.1) is 18.3 Å². The van der Waals surface area contributed by atoms with Crippen molar-refractivity contribution < 1.29 is 0 Å². The van der Waals surface area contributed by atoms with Crippen LogP contribution in [-0.2, 0) is 0 Å². The van der Waals surface area contributed by atoms with Gasteiger partial charge in [0.05, 0.1) is 16.6 Å². The predicted octanol–water partition coefficient (Wildman–Crippen LogP) is 2.57. The van der Waals surface area contributed by atoms with Gasteiger partial charge in [-0.2, -0.15) is 5.26 Å². The number of fused-ring (bicyclic) bond motifs is 1. The number of aromatic nitrogens is 2. The molecule has 2 aromatic carbocycles. The number of hydrogen-bond acceptors (Lipinski definition) is 3. The van der Waals surface area contributed by atoms with E-state index in [0.717, 1.165) is 5.56 Å². The van der Waals surface area contributed by atoms with Crippen molar-refractivity contribution in [3.8, 4) is 11.8 Å². The van der Waals surface area contributed by atoms with Crippen molar-refractivity contribution in [1.29, 1.82) is 5.26 Å². The van der Waals surface area contributed by atoms with Crippen molar-refractivity contribution in [1.82, 2.24) is 9.55 Å². The summed E-state index contributed by atoms with van der Waals surface area (Å²) in [5, 5.41) is 9.75. The topological polar surface area (TPSA) is 58.7 Å². The first-order chi connectivity index (χ1) is 9.70. The normalized spacial score (nSPS) is 10.4. The number of nitriles is 1. The molecule has 0 aliphatic rings. The first kappa shape index (κ1) is 12.1. The summed E-state index contributed by atoms with van der Waals surface area (Å²) in [7, 11) is 0. The molecule has 0 radical (unpaired) electrons. The molecule has 0 bridgehead atoms. The Kier molecular flexibility index (Phi) is 2.81. The third kappa shape index (κ3) is 1.86. The van der Waals surface area contributed by atoms with Gasteiger partial charge in [0.15, 0.2) is 0 Å². The molecular weight excluding hydrogens is 250 g/mol. The van der Waals surface area contributed by atoms with E-state index in [1.54, 1.807) is 24.3 Å². The number of rotatable bonds is 1. The Morgan fingerprint density at radius 3 is 2.50 bits per heavy atom. The highest BCUT2D eigenvalue weighted by Gasteiger charge is 2.11. The Hall–Kier alpha value is -2.93. The van der Waals surface area contributed by atoms with Crippen LogP contribution in [-0.4, -0.2) is 9.55 Å².